The summed E-state index contributed by atoms with van der Waals surface area (Å²) in [4.78, 5) is 23.0. The van der Waals surface area contributed by atoms with Crippen molar-refractivity contribution in [3.05, 3.63) is 35.7 Å². The number of benzene rings is 1. The quantitative estimate of drug-likeness (QED) is 0.745. The normalized spacial score (nSPS) is 13.6. The predicted octanol–water partition coefficient (Wildman–Crippen LogP) is 0.942. The summed E-state index contributed by atoms with van der Waals surface area (Å²) in [7, 11) is 0. The third-order valence-corrected chi connectivity index (χ3v) is 2.91. The standard InChI is InChI=1S/C12H11N5O2/c18-11-4-1-7-5-8(2-3-9(7)15-11)14-12(19)10-6-13-17-16-10/h2-3,5-6H,1,4H2,(H,14,19)(H,15,18)(H,13,16,17). The molecule has 7 heteroatoms. The maximum absolute atomic E-state index is 11.8. The van der Waals surface area contributed by atoms with Crippen LogP contribution in [0.25, 0.3) is 0 Å². The number of anilines is 2. The van der Waals surface area contributed by atoms with E-state index in [0.29, 0.717) is 18.5 Å². The second-order valence-corrected chi connectivity index (χ2v) is 4.23. The molecule has 1 aromatic heterocycles. The number of fused-ring (bicyclic) bond motifs is 1. The van der Waals surface area contributed by atoms with Crippen LogP contribution in [-0.2, 0) is 11.2 Å². The Morgan fingerprint density at radius 1 is 1.32 bits per heavy atom. The first-order chi connectivity index (χ1) is 9.22. The zero-order valence-corrected chi connectivity index (χ0v) is 9.93. The molecule has 0 atom stereocenters. The second-order valence-electron chi connectivity index (χ2n) is 4.23. The maximum Gasteiger partial charge on any atom is 0.277 e. The lowest BCUT2D eigenvalue weighted by Crippen LogP contribution is -2.19. The third-order valence-electron chi connectivity index (χ3n) is 2.91. The van der Waals surface area contributed by atoms with Crippen LogP contribution in [0.3, 0.4) is 0 Å². The molecule has 3 rings (SSSR count). The number of H-pyrrole nitrogens is 1. The van der Waals surface area contributed by atoms with Gasteiger partial charge in [0.25, 0.3) is 5.91 Å². The van der Waals surface area contributed by atoms with Crippen molar-refractivity contribution in [2.24, 2.45) is 0 Å². The maximum atomic E-state index is 11.8. The third kappa shape index (κ3) is 2.30. The lowest BCUT2D eigenvalue weighted by Gasteiger charge is -2.17. The SMILES string of the molecule is O=C1CCc2cc(NC(=O)c3cn[nH]n3)ccc2N1. The van der Waals surface area contributed by atoms with E-state index in [0.717, 1.165) is 11.3 Å². The Labute approximate surface area is 108 Å². The fourth-order valence-corrected chi connectivity index (χ4v) is 1.97. The van der Waals surface area contributed by atoms with Crippen LogP contribution in [0, 0.1) is 0 Å². The predicted molar refractivity (Wildman–Crippen MR) is 67.7 cm³/mol. The van der Waals surface area contributed by atoms with Gasteiger partial charge in [-0.2, -0.15) is 15.4 Å². The number of aromatic amines is 1. The number of carbonyl (C=O) groups excluding carboxylic acids is 2. The van der Waals surface area contributed by atoms with Crippen LogP contribution in [0.15, 0.2) is 24.4 Å². The van der Waals surface area contributed by atoms with Crippen molar-refractivity contribution in [1.29, 1.82) is 0 Å². The van der Waals surface area contributed by atoms with Gasteiger partial charge >= 0.3 is 0 Å². The van der Waals surface area contributed by atoms with Crippen LogP contribution < -0.4 is 10.6 Å². The van der Waals surface area contributed by atoms with Gasteiger partial charge in [-0.15, -0.1) is 0 Å². The van der Waals surface area contributed by atoms with Crippen molar-refractivity contribution in [3.8, 4) is 0 Å². The average Bonchev–Trinajstić information content (AvgIpc) is 2.93. The topological polar surface area (TPSA) is 99.8 Å². The van der Waals surface area contributed by atoms with Gasteiger partial charge in [-0.3, -0.25) is 9.59 Å². The van der Waals surface area contributed by atoms with Gasteiger partial charge in [0, 0.05) is 17.8 Å². The molecule has 2 heterocycles. The van der Waals surface area contributed by atoms with Crippen LogP contribution in [0.4, 0.5) is 11.4 Å². The molecule has 0 radical (unpaired) electrons. The molecule has 2 aromatic rings. The molecule has 96 valence electrons. The minimum absolute atomic E-state index is 0.0203. The van der Waals surface area contributed by atoms with Gasteiger partial charge in [-0.1, -0.05) is 0 Å². The van der Waals surface area contributed by atoms with Crippen molar-refractivity contribution in [1.82, 2.24) is 15.4 Å². The summed E-state index contributed by atoms with van der Waals surface area (Å²) in [6.07, 6.45) is 2.50. The van der Waals surface area contributed by atoms with Crippen molar-refractivity contribution >= 4 is 23.2 Å². The van der Waals surface area contributed by atoms with E-state index in [1.807, 2.05) is 6.07 Å². The minimum Gasteiger partial charge on any atom is -0.326 e. The highest BCUT2D eigenvalue weighted by Crippen LogP contribution is 2.25. The number of amides is 2. The van der Waals surface area contributed by atoms with Crippen molar-refractivity contribution < 1.29 is 9.59 Å². The van der Waals surface area contributed by atoms with E-state index in [2.05, 4.69) is 26.0 Å². The van der Waals surface area contributed by atoms with Crippen LogP contribution in [0.5, 0.6) is 0 Å². The lowest BCUT2D eigenvalue weighted by atomic mass is 10.0. The van der Waals surface area contributed by atoms with Gasteiger partial charge in [0.15, 0.2) is 5.69 Å². The van der Waals surface area contributed by atoms with E-state index in [9.17, 15) is 9.59 Å². The number of nitrogens with zero attached hydrogens (tertiary/aromatic N) is 2. The first kappa shape index (κ1) is 11.4. The molecule has 0 fully saturated rings. The summed E-state index contributed by atoms with van der Waals surface area (Å²) in [6, 6.07) is 5.37. The van der Waals surface area contributed by atoms with E-state index in [1.54, 1.807) is 12.1 Å². The monoisotopic (exact) mass is 257 g/mol. The Morgan fingerprint density at radius 3 is 3.00 bits per heavy atom. The molecule has 0 aliphatic carbocycles. The van der Waals surface area contributed by atoms with E-state index >= 15 is 0 Å². The van der Waals surface area contributed by atoms with E-state index in [1.165, 1.54) is 6.20 Å². The molecule has 19 heavy (non-hydrogen) atoms. The van der Waals surface area contributed by atoms with Gasteiger partial charge in [0.05, 0.1) is 6.20 Å². The molecule has 3 N–H and O–H groups in total. The number of carbonyl (C=O) groups is 2. The Balaban J connectivity index is 1.79. The number of hydrogen-bond donors (Lipinski definition) is 3. The van der Waals surface area contributed by atoms with Crippen LogP contribution in [-0.4, -0.2) is 27.2 Å². The molecule has 2 amide bonds. The molecule has 0 saturated heterocycles. The first-order valence-electron chi connectivity index (χ1n) is 5.82. The van der Waals surface area contributed by atoms with Gasteiger partial charge in [0.2, 0.25) is 5.91 Å². The number of hydrogen-bond acceptors (Lipinski definition) is 4. The molecule has 0 saturated carbocycles. The Bertz CT molecular complexity index is 636. The molecule has 1 aliphatic heterocycles. The zero-order valence-electron chi connectivity index (χ0n) is 9.93. The van der Waals surface area contributed by atoms with Crippen LogP contribution in [0.2, 0.25) is 0 Å². The fourth-order valence-electron chi connectivity index (χ4n) is 1.97. The molecule has 1 aliphatic rings. The van der Waals surface area contributed by atoms with Crippen molar-refractivity contribution in [3.63, 3.8) is 0 Å². The summed E-state index contributed by atoms with van der Waals surface area (Å²) in [5.74, 6) is -0.305. The van der Waals surface area contributed by atoms with Gasteiger partial charge in [-0.05, 0) is 30.2 Å². The summed E-state index contributed by atoms with van der Waals surface area (Å²) in [5, 5.41) is 15.2. The van der Waals surface area contributed by atoms with E-state index in [4.69, 9.17) is 0 Å². The summed E-state index contributed by atoms with van der Waals surface area (Å²) in [5.41, 5.74) is 2.71. The lowest BCUT2D eigenvalue weighted by molar-refractivity contribution is -0.116. The van der Waals surface area contributed by atoms with Crippen molar-refractivity contribution in [2.45, 2.75) is 12.8 Å². The van der Waals surface area contributed by atoms with Crippen LogP contribution in [0.1, 0.15) is 22.5 Å². The highest BCUT2D eigenvalue weighted by Gasteiger charge is 2.16. The van der Waals surface area contributed by atoms with E-state index in [-0.39, 0.29) is 17.5 Å². The number of aromatic nitrogens is 3. The molecule has 7 nitrogen and oxygen atoms in total. The number of aryl methyl sites for hydroxylation is 1. The highest BCUT2D eigenvalue weighted by atomic mass is 16.2. The first-order valence-corrected chi connectivity index (χ1v) is 5.82. The molecular weight excluding hydrogens is 246 g/mol. The average molecular weight is 257 g/mol. The smallest absolute Gasteiger partial charge is 0.277 e. The minimum atomic E-state index is -0.325. The molecule has 0 bridgehead atoms. The molecule has 1 aromatic carbocycles. The summed E-state index contributed by atoms with van der Waals surface area (Å²) in [6.45, 7) is 0. The highest BCUT2D eigenvalue weighted by molar-refractivity contribution is 6.03. The molecular formula is C12H11N5O2. The van der Waals surface area contributed by atoms with Gasteiger partial charge < -0.3 is 10.6 Å². The summed E-state index contributed by atoms with van der Waals surface area (Å²) < 4.78 is 0. The fraction of sp³-hybridized carbons (Fsp3) is 0.167. The summed E-state index contributed by atoms with van der Waals surface area (Å²) >= 11 is 0. The Hall–Kier alpha value is -2.70. The number of nitrogens with one attached hydrogen (secondary N) is 3. The zero-order chi connectivity index (χ0) is 13.2. The van der Waals surface area contributed by atoms with E-state index < -0.39 is 0 Å². The van der Waals surface area contributed by atoms with Crippen LogP contribution >= 0.6 is 0 Å². The Kier molecular flexibility index (Phi) is 2.71. The molecule has 0 unspecified atom stereocenters. The number of rotatable bonds is 2. The van der Waals surface area contributed by atoms with Gasteiger partial charge in [-0.25, -0.2) is 0 Å². The Morgan fingerprint density at radius 2 is 2.21 bits per heavy atom. The van der Waals surface area contributed by atoms with Gasteiger partial charge in [0.1, 0.15) is 0 Å². The molecule has 0 spiro atoms. The van der Waals surface area contributed by atoms with Crippen molar-refractivity contribution in [2.75, 3.05) is 10.6 Å². The largest absolute Gasteiger partial charge is 0.326 e. The second kappa shape index (κ2) is 4.52.